The number of benzene rings is 2. The van der Waals surface area contributed by atoms with E-state index in [0.717, 1.165) is 25.9 Å². The summed E-state index contributed by atoms with van der Waals surface area (Å²) in [5.74, 6) is 0.473. The maximum absolute atomic E-state index is 12.5. The molecule has 1 saturated heterocycles. The lowest BCUT2D eigenvalue weighted by molar-refractivity contribution is -0.135. The number of carbonyl (C=O) groups is 1. The van der Waals surface area contributed by atoms with E-state index in [4.69, 9.17) is 0 Å². The highest BCUT2D eigenvalue weighted by Gasteiger charge is 2.23. The number of nitrogens with zero attached hydrogens (tertiary/aromatic N) is 1. The Morgan fingerprint density at radius 3 is 2.62 bits per heavy atom. The molecule has 0 radical (unpaired) electrons. The van der Waals surface area contributed by atoms with Crippen molar-refractivity contribution in [3.05, 3.63) is 48.0 Å². The molecule has 1 N–H and O–H groups in total. The Bertz CT molecular complexity index is 632. The van der Waals surface area contributed by atoms with Crippen LogP contribution in [-0.4, -0.2) is 30.9 Å². The monoisotopic (exact) mass is 282 g/mol. The van der Waals surface area contributed by atoms with E-state index in [2.05, 4.69) is 47.8 Å². The summed E-state index contributed by atoms with van der Waals surface area (Å²) < 4.78 is 0. The van der Waals surface area contributed by atoms with Crippen molar-refractivity contribution >= 4 is 16.7 Å². The minimum absolute atomic E-state index is 0.191. The predicted octanol–water partition coefficient (Wildman–Crippen LogP) is 2.80. The van der Waals surface area contributed by atoms with Crippen LogP contribution in [0, 0.1) is 5.92 Å². The third-order valence-corrected chi connectivity index (χ3v) is 4.30. The molecule has 1 aliphatic heterocycles. The number of nitrogens with one attached hydrogen (secondary N) is 1. The van der Waals surface area contributed by atoms with Gasteiger partial charge in [-0.25, -0.2) is 0 Å². The number of carbonyl (C=O) groups excluding carboxylic acids is 1. The summed E-state index contributed by atoms with van der Waals surface area (Å²) in [6.45, 7) is 2.61. The molecule has 3 nitrogen and oxygen atoms in total. The fraction of sp³-hybridized carbons (Fsp3) is 0.389. The summed E-state index contributed by atoms with van der Waals surface area (Å²) in [5.41, 5.74) is 1.19. The summed E-state index contributed by atoms with van der Waals surface area (Å²) in [4.78, 5) is 14.3. The second kappa shape index (κ2) is 6.27. The van der Waals surface area contributed by atoms with Crippen LogP contribution in [0.4, 0.5) is 0 Å². The van der Waals surface area contributed by atoms with Gasteiger partial charge in [0.15, 0.2) is 0 Å². The summed E-state index contributed by atoms with van der Waals surface area (Å²) in [6, 6.07) is 14.8. The highest BCUT2D eigenvalue weighted by Crippen LogP contribution is 2.19. The van der Waals surface area contributed by atoms with E-state index in [1.165, 1.54) is 16.3 Å². The van der Waals surface area contributed by atoms with Gasteiger partial charge < -0.3 is 10.2 Å². The third-order valence-electron chi connectivity index (χ3n) is 4.30. The number of hydrogen-bond acceptors (Lipinski definition) is 2. The molecule has 2 aromatic rings. The van der Waals surface area contributed by atoms with Gasteiger partial charge in [-0.3, -0.25) is 4.79 Å². The van der Waals surface area contributed by atoms with Crippen LogP contribution in [0.25, 0.3) is 10.8 Å². The maximum Gasteiger partial charge on any atom is 0.225 e. The van der Waals surface area contributed by atoms with E-state index in [-0.39, 0.29) is 11.8 Å². The van der Waals surface area contributed by atoms with Crippen molar-refractivity contribution < 1.29 is 4.79 Å². The fourth-order valence-corrected chi connectivity index (χ4v) is 3.07. The normalized spacial score (nSPS) is 16.0. The summed E-state index contributed by atoms with van der Waals surface area (Å²) >= 11 is 0. The average Bonchev–Trinajstić information content (AvgIpc) is 2.55. The molecule has 1 fully saturated rings. The zero-order chi connectivity index (χ0) is 14.7. The number of fused-ring (bicyclic) bond motifs is 1. The van der Waals surface area contributed by atoms with Crippen LogP contribution in [0.2, 0.25) is 0 Å². The summed E-state index contributed by atoms with van der Waals surface area (Å²) in [5, 5.41) is 5.79. The highest BCUT2D eigenvalue weighted by atomic mass is 16.2. The molecule has 1 aliphatic rings. The SMILES string of the molecule is CN(Cc1ccc2ccccc2c1)C(=O)C1CCNCC1. The van der Waals surface area contributed by atoms with Crippen molar-refractivity contribution in [2.45, 2.75) is 19.4 Å². The van der Waals surface area contributed by atoms with Crippen molar-refractivity contribution in [1.29, 1.82) is 0 Å². The zero-order valence-electron chi connectivity index (χ0n) is 12.5. The second-order valence-electron chi connectivity index (χ2n) is 5.90. The molecule has 2 aromatic carbocycles. The van der Waals surface area contributed by atoms with E-state index in [1.807, 2.05) is 11.9 Å². The number of hydrogen-bond donors (Lipinski definition) is 1. The standard InChI is InChI=1S/C18H22N2O/c1-20(18(21)16-8-10-19-11-9-16)13-14-6-7-15-4-2-3-5-17(15)12-14/h2-7,12,16,19H,8-11,13H2,1H3. The van der Waals surface area contributed by atoms with E-state index < -0.39 is 0 Å². The largest absolute Gasteiger partial charge is 0.341 e. The Morgan fingerprint density at radius 1 is 1.14 bits per heavy atom. The van der Waals surface area contributed by atoms with Crippen molar-refractivity contribution in [3.63, 3.8) is 0 Å². The van der Waals surface area contributed by atoms with Crippen molar-refractivity contribution in [3.8, 4) is 0 Å². The van der Waals surface area contributed by atoms with Crippen molar-refractivity contribution in [1.82, 2.24) is 10.2 Å². The maximum atomic E-state index is 12.5. The number of piperidine rings is 1. The molecule has 3 rings (SSSR count). The molecule has 0 aromatic heterocycles. The van der Waals surface area contributed by atoms with Crippen LogP contribution in [0.1, 0.15) is 18.4 Å². The van der Waals surface area contributed by atoms with E-state index in [9.17, 15) is 4.79 Å². The van der Waals surface area contributed by atoms with Gasteiger partial charge in [0.05, 0.1) is 0 Å². The smallest absolute Gasteiger partial charge is 0.225 e. The molecule has 0 saturated carbocycles. The number of amides is 1. The minimum Gasteiger partial charge on any atom is -0.341 e. The Hall–Kier alpha value is -1.87. The highest BCUT2D eigenvalue weighted by molar-refractivity contribution is 5.83. The van der Waals surface area contributed by atoms with Crippen molar-refractivity contribution in [2.75, 3.05) is 20.1 Å². The van der Waals surface area contributed by atoms with E-state index in [1.54, 1.807) is 0 Å². The van der Waals surface area contributed by atoms with Gasteiger partial charge in [-0.15, -0.1) is 0 Å². The third kappa shape index (κ3) is 3.24. The average molecular weight is 282 g/mol. The minimum atomic E-state index is 0.191. The van der Waals surface area contributed by atoms with Crippen LogP contribution >= 0.6 is 0 Å². The van der Waals surface area contributed by atoms with Gasteiger partial charge in [0, 0.05) is 19.5 Å². The first-order valence-electron chi connectivity index (χ1n) is 7.67. The van der Waals surface area contributed by atoms with Gasteiger partial charge in [0.1, 0.15) is 0 Å². The summed E-state index contributed by atoms with van der Waals surface area (Å²) in [7, 11) is 1.92. The summed E-state index contributed by atoms with van der Waals surface area (Å²) in [6.07, 6.45) is 1.92. The molecule has 0 aliphatic carbocycles. The Labute approximate surface area is 125 Å². The Kier molecular flexibility index (Phi) is 4.20. The topological polar surface area (TPSA) is 32.3 Å². The first-order valence-corrected chi connectivity index (χ1v) is 7.67. The molecule has 1 heterocycles. The Balaban J connectivity index is 1.70. The van der Waals surface area contributed by atoms with Gasteiger partial charge in [0.2, 0.25) is 5.91 Å². The van der Waals surface area contributed by atoms with Crippen LogP contribution in [0.5, 0.6) is 0 Å². The van der Waals surface area contributed by atoms with Gasteiger partial charge in [0.25, 0.3) is 0 Å². The van der Waals surface area contributed by atoms with Crippen LogP contribution in [0.15, 0.2) is 42.5 Å². The lowest BCUT2D eigenvalue weighted by atomic mass is 9.96. The van der Waals surface area contributed by atoms with E-state index in [0.29, 0.717) is 6.54 Å². The second-order valence-corrected chi connectivity index (χ2v) is 5.90. The molecular formula is C18H22N2O. The van der Waals surface area contributed by atoms with Gasteiger partial charge in [-0.2, -0.15) is 0 Å². The molecule has 0 atom stereocenters. The molecule has 21 heavy (non-hydrogen) atoms. The zero-order valence-corrected chi connectivity index (χ0v) is 12.5. The first-order chi connectivity index (χ1) is 10.2. The Morgan fingerprint density at radius 2 is 1.86 bits per heavy atom. The van der Waals surface area contributed by atoms with Crippen LogP contribution in [-0.2, 0) is 11.3 Å². The number of rotatable bonds is 3. The van der Waals surface area contributed by atoms with Gasteiger partial charge in [-0.1, -0.05) is 36.4 Å². The van der Waals surface area contributed by atoms with Crippen LogP contribution < -0.4 is 5.32 Å². The van der Waals surface area contributed by atoms with Gasteiger partial charge >= 0.3 is 0 Å². The molecule has 0 bridgehead atoms. The molecule has 110 valence electrons. The lowest BCUT2D eigenvalue weighted by Gasteiger charge is -2.27. The molecule has 0 spiro atoms. The lowest BCUT2D eigenvalue weighted by Crippen LogP contribution is -2.38. The quantitative estimate of drug-likeness (QED) is 0.939. The van der Waals surface area contributed by atoms with Gasteiger partial charge in [-0.05, 0) is 48.3 Å². The molecule has 0 unspecified atom stereocenters. The van der Waals surface area contributed by atoms with E-state index >= 15 is 0 Å². The molecule has 1 amide bonds. The fourth-order valence-electron chi connectivity index (χ4n) is 3.07. The first kappa shape index (κ1) is 14.1. The molecular weight excluding hydrogens is 260 g/mol. The van der Waals surface area contributed by atoms with Crippen LogP contribution in [0.3, 0.4) is 0 Å². The van der Waals surface area contributed by atoms with Crippen molar-refractivity contribution in [2.24, 2.45) is 5.92 Å². The molecule has 3 heteroatoms. The predicted molar refractivity (Wildman–Crippen MR) is 86.0 cm³/mol.